The zero-order valence-electron chi connectivity index (χ0n) is 18.8. The summed E-state index contributed by atoms with van der Waals surface area (Å²) in [7, 11) is 0. The number of aromatic nitrogens is 2. The molecule has 2 heterocycles. The quantitative estimate of drug-likeness (QED) is 0.253. The van der Waals surface area contributed by atoms with Crippen molar-refractivity contribution in [2.75, 3.05) is 0 Å². The lowest BCUT2D eigenvalue weighted by atomic mass is 10.1. The standard InChI is InChI=1S/C29H24N4O/c1-22-14-19-28(23-9-4-2-5-10-23)33(22)26-17-15-24(16-18-26)29(34)31-30-21-27-13-8-20-32(27)25-11-6-3-7-12-25/h2-21H,1H3,(H,31,34)/b30-21+. The number of hydrazone groups is 1. The Morgan fingerprint density at radius 1 is 0.765 bits per heavy atom. The Kier molecular flexibility index (Phi) is 5.91. The van der Waals surface area contributed by atoms with Gasteiger partial charge in [-0.15, -0.1) is 0 Å². The molecule has 1 N–H and O–H groups in total. The first-order chi connectivity index (χ1) is 16.7. The molecule has 0 saturated carbocycles. The molecule has 0 aliphatic carbocycles. The van der Waals surface area contributed by atoms with Crippen LogP contribution in [0, 0.1) is 6.92 Å². The molecule has 0 fully saturated rings. The SMILES string of the molecule is Cc1ccc(-c2ccccc2)n1-c1ccc(C(=O)N/N=C/c2cccn2-c2ccccc2)cc1. The van der Waals surface area contributed by atoms with Crippen LogP contribution in [0.15, 0.2) is 120 Å². The average Bonchev–Trinajstić information content (AvgIpc) is 3.52. The molecule has 5 heteroatoms. The van der Waals surface area contributed by atoms with Gasteiger partial charge in [-0.05, 0) is 73.2 Å². The van der Waals surface area contributed by atoms with E-state index in [9.17, 15) is 4.79 Å². The van der Waals surface area contributed by atoms with E-state index in [-0.39, 0.29) is 5.91 Å². The molecule has 0 saturated heterocycles. The van der Waals surface area contributed by atoms with Gasteiger partial charge in [-0.3, -0.25) is 4.79 Å². The molecule has 34 heavy (non-hydrogen) atoms. The maximum absolute atomic E-state index is 12.6. The number of hydrogen-bond acceptors (Lipinski definition) is 2. The van der Waals surface area contributed by atoms with Crippen LogP contribution < -0.4 is 5.43 Å². The van der Waals surface area contributed by atoms with E-state index < -0.39 is 0 Å². The molecular formula is C29H24N4O. The van der Waals surface area contributed by atoms with Gasteiger partial charge in [-0.25, -0.2) is 5.43 Å². The Morgan fingerprint density at radius 2 is 1.47 bits per heavy atom. The first kappa shape index (κ1) is 21.2. The molecule has 5 nitrogen and oxygen atoms in total. The topological polar surface area (TPSA) is 51.3 Å². The number of benzene rings is 3. The van der Waals surface area contributed by atoms with Crippen molar-refractivity contribution in [3.63, 3.8) is 0 Å². The molecule has 2 aromatic heterocycles. The number of para-hydroxylation sites is 1. The van der Waals surface area contributed by atoms with Crippen LogP contribution >= 0.6 is 0 Å². The van der Waals surface area contributed by atoms with E-state index in [1.165, 1.54) is 0 Å². The summed E-state index contributed by atoms with van der Waals surface area (Å²) in [6.07, 6.45) is 3.61. The number of nitrogens with zero attached hydrogens (tertiary/aromatic N) is 3. The van der Waals surface area contributed by atoms with Gasteiger partial charge < -0.3 is 9.13 Å². The molecule has 5 aromatic rings. The number of nitrogens with one attached hydrogen (secondary N) is 1. The Morgan fingerprint density at radius 3 is 2.21 bits per heavy atom. The number of hydrogen-bond donors (Lipinski definition) is 1. The third-order valence-electron chi connectivity index (χ3n) is 5.71. The third kappa shape index (κ3) is 4.32. The van der Waals surface area contributed by atoms with Crippen LogP contribution in [0.4, 0.5) is 0 Å². The second-order valence-corrected chi connectivity index (χ2v) is 7.95. The number of carbonyl (C=O) groups excluding carboxylic acids is 1. The maximum atomic E-state index is 12.6. The van der Waals surface area contributed by atoms with Crippen LogP contribution in [0.1, 0.15) is 21.7 Å². The van der Waals surface area contributed by atoms with Crippen molar-refractivity contribution >= 4 is 12.1 Å². The van der Waals surface area contributed by atoms with Gasteiger partial charge in [-0.1, -0.05) is 48.5 Å². The Hall–Kier alpha value is -4.64. The molecule has 0 radical (unpaired) electrons. The molecule has 0 atom stereocenters. The van der Waals surface area contributed by atoms with Crippen molar-refractivity contribution in [2.45, 2.75) is 6.92 Å². The van der Waals surface area contributed by atoms with E-state index in [2.05, 4.69) is 46.3 Å². The van der Waals surface area contributed by atoms with Gasteiger partial charge in [0.2, 0.25) is 0 Å². The summed E-state index contributed by atoms with van der Waals surface area (Å²) in [6.45, 7) is 2.08. The van der Waals surface area contributed by atoms with Gasteiger partial charge in [0.25, 0.3) is 5.91 Å². The molecule has 1 amide bonds. The second kappa shape index (κ2) is 9.46. The number of aryl methyl sites for hydroxylation is 1. The molecule has 5 rings (SSSR count). The molecular weight excluding hydrogens is 420 g/mol. The summed E-state index contributed by atoms with van der Waals surface area (Å²) in [4.78, 5) is 12.6. The number of rotatable bonds is 6. The molecule has 0 aliphatic rings. The molecule has 0 aliphatic heterocycles. The van der Waals surface area contributed by atoms with E-state index in [1.807, 2.05) is 95.7 Å². The highest BCUT2D eigenvalue weighted by molar-refractivity contribution is 5.95. The van der Waals surface area contributed by atoms with E-state index >= 15 is 0 Å². The zero-order chi connectivity index (χ0) is 23.3. The Labute approximate surface area is 198 Å². The molecule has 166 valence electrons. The summed E-state index contributed by atoms with van der Waals surface area (Å²) < 4.78 is 4.20. The van der Waals surface area contributed by atoms with Gasteiger partial charge in [0, 0.05) is 28.8 Å². The minimum atomic E-state index is -0.256. The second-order valence-electron chi connectivity index (χ2n) is 7.95. The molecule has 0 bridgehead atoms. The average molecular weight is 445 g/mol. The van der Waals surface area contributed by atoms with Gasteiger partial charge in [0.15, 0.2) is 0 Å². The molecule has 0 spiro atoms. The fourth-order valence-electron chi connectivity index (χ4n) is 4.02. The lowest BCUT2D eigenvalue weighted by Gasteiger charge is -2.12. The number of amides is 1. The van der Waals surface area contributed by atoms with Crippen molar-refractivity contribution in [2.24, 2.45) is 5.10 Å². The fraction of sp³-hybridized carbons (Fsp3) is 0.0345. The van der Waals surface area contributed by atoms with Gasteiger partial charge >= 0.3 is 0 Å². The van der Waals surface area contributed by atoms with Crippen LogP contribution in [-0.4, -0.2) is 21.3 Å². The van der Waals surface area contributed by atoms with Crippen LogP contribution in [0.3, 0.4) is 0 Å². The van der Waals surface area contributed by atoms with E-state index in [0.717, 1.165) is 34.0 Å². The summed E-state index contributed by atoms with van der Waals surface area (Å²) >= 11 is 0. The maximum Gasteiger partial charge on any atom is 0.271 e. The van der Waals surface area contributed by atoms with Crippen molar-refractivity contribution in [3.05, 3.63) is 132 Å². The van der Waals surface area contributed by atoms with Gasteiger partial charge in [0.1, 0.15) is 0 Å². The van der Waals surface area contributed by atoms with Crippen LogP contribution in [-0.2, 0) is 0 Å². The first-order valence-corrected chi connectivity index (χ1v) is 11.1. The highest BCUT2D eigenvalue weighted by Crippen LogP contribution is 2.26. The number of carbonyl (C=O) groups is 1. The molecule has 3 aromatic carbocycles. The smallest absolute Gasteiger partial charge is 0.271 e. The largest absolute Gasteiger partial charge is 0.316 e. The van der Waals surface area contributed by atoms with E-state index in [1.54, 1.807) is 6.21 Å². The summed E-state index contributed by atoms with van der Waals surface area (Å²) in [5, 5.41) is 4.17. The van der Waals surface area contributed by atoms with Gasteiger partial charge in [0.05, 0.1) is 17.6 Å². The van der Waals surface area contributed by atoms with Crippen LogP contribution in [0.5, 0.6) is 0 Å². The Bertz CT molecular complexity index is 1430. The predicted molar refractivity (Wildman–Crippen MR) is 137 cm³/mol. The van der Waals surface area contributed by atoms with Gasteiger partial charge in [-0.2, -0.15) is 5.10 Å². The van der Waals surface area contributed by atoms with E-state index in [4.69, 9.17) is 0 Å². The highest BCUT2D eigenvalue weighted by Gasteiger charge is 2.11. The normalized spacial score (nSPS) is 11.1. The van der Waals surface area contributed by atoms with Crippen LogP contribution in [0.25, 0.3) is 22.6 Å². The predicted octanol–water partition coefficient (Wildman–Crippen LogP) is 6.01. The van der Waals surface area contributed by atoms with E-state index in [0.29, 0.717) is 5.56 Å². The Balaban J connectivity index is 1.31. The fourth-order valence-corrected chi connectivity index (χ4v) is 4.02. The van der Waals surface area contributed by atoms with Crippen molar-refractivity contribution in [3.8, 4) is 22.6 Å². The van der Waals surface area contributed by atoms with Crippen molar-refractivity contribution < 1.29 is 4.79 Å². The van der Waals surface area contributed by atoms with Crippen molar-refractivity contribution in [1.29, 1.82) is 0 Å². The summed E-state index contributed by atoms with van der Waals surface area (Å²) in [5.41, 5.74) is 9.47. The highest BCUT2D eigenvalue weighted by atomic mass is 16.2. The minimum absolute atomic E-state index is 0.256. The monoisotopic (exact) mass is 444 g/mol. The minimum Gasteiger partial charge on any atom is -0.316 e. The lowest BCUT2D eigenvalue weighted by molar-refractivity contribution is 0.0955. The summed E-state index contributed by atoms with van der Waals surface area (Å²) in [6, 6.07) is 35.9. The summed E-state index contributed by atoms with van der Waals surface area (Å²) in [5.74, 6) is -0.256. The van der Waals surface area contributed by atoms with Crippen LogP contribution in [0.2, 0.25) is 0 Å². The third-order valence-corrected chi connectivity index (χ3v) is 5.71. The lowest BCUT2D eigenvalue weighted by Crippen LogP contribution is -2.18. The zero-order valence-corrected chi connectivity index (χ0v) is 18.8. The van der Waals surface area contributed by atoms with Crippen molar-refractivity contribution in [1.82, 2.24) is 14.6 Å². The first-order valence-electron chi connectivity index (χ1n) is 11.1. The molecule has 0 unspecified atom stereocenters.